The molecule has 0 aliphatic carbocycles. The average molecular weight is 181 g/mol. The summed E-state index contributed by atoms with van der Waals surface area (Å²) < 4.78 is 4.52. The molecule has 5 heteroatoms. The maximum Gasteiger partial charge on any atom is 0.335 e. The van der Waals surface area contributed by atoms with Gasteiger partial charge < -0.3 is 15.8 Å². The molecule has 0 aromatic heterocycles. The first-order chi connectivity index (χ1) is 6.15. The van der Waals surface area contributed by atoms with Crippen molar-refractivity contribution in [2.45, 2.75) is 0 Å². The summed E-state index contributed by atoms with van der Waals surface area (Å²) in [7, 11) is 1.33. The minimum Gasteiger partial charge on any atom is -0.466 e. The highest BCUT2D eigenvalue weighted by Crippen LogP contribution is 2.04. The first-order valence-corrected chi connectivity index (χ1v) is 3.72. The Bertz CT molecular complexity index is 305. The van der Waals surface area contributed by atoms with Crippen molar-refractivity contribution in [2.75, 3.05) is 13.7 Å². The molecule has 0 amide bonds. The number of nitrogens with one attached hydrogen (secondary N) is 2. The number of dihydropyridines is 1. The summed E-state index contributed by atoms with van der Waals surface area (Å²) in [4.78, 5) is 11.0. The number of carbonyl (C=O) groups excluding carboxylic acids is 1. The molecular formula is C8H11N3O2. The van der Waals surface area contributed by atoms with E-state index in [0.717, 1.165) is 0 Å². The van der Waals surface area contributed by atoms with Gasteiger partial charge in [0.1, 0.15) is 5.84 Å². The van der Waals surface area contributed by atoms with Crippen LogP contribution in [-0.4, -0.2) is 25.5 Å². The van der Waals surface area contributed by atoms with Crippen molar-refractivity contribution in [3.8, 4) is 0 Å². The van der Waals surface area contributed by atoms with E-state index in [0.29, 0.717) is 17.8 Å². The van der Waals surface area contributed by atoms with Gasteiger partial charge in [0.05, 0.1) is 18.4 Å². The van der Waals surface area contributed by atoms with Crippen LogP contribution in [0.25, 0.3) is 0 Å². The number of esters is 1. The fourth-order valence-electron chi connectivity index (χ4n) is 0.949. The third kappa shape index (κ3) is 2.08. The third-order valence-corrected chi connectivity index (χ3v) is 1.66. The molecular weight excluding hydrogens is 170 g/mol. The monoisotopic (exact) mass is 181 g/mol. The molecule has 0 atom stereocenters. The van der Waals surface area contributed by atoms with Crippen molar-refractivity contribution in [1.82, 2.24) is 5.32 Å². The summed E-state index contributed by atoms with van der Waals surface area (Å²) in [5.74, 6) is -0.411. The first-order valence-electron chi connectivity index (χ1n) is 3.72. The van der Waals surface area contributed by atoms with Crippen LogP contribution in [-0.2, 0) is 9.53 Å². The van der Waals surface area contributed by atoms with Gasteiger partial charge in [0.15, 0.2) is 0 Å². The molecule has 1 aliphatic rings. The highest BCUT2D eigenvalue weighted by molar-refractivity contribution is 5.96. The molecule has 1 aliphatic heterocycles. The summed E-state index contributed by atoms with van der Waals surface area (Å²) in [5.41, 5.74) is 6.27. The Morgan fingerprint density at radius 1 is 1.69 bits per heavy atom. The Hall–Kier alpha value is -1.78. The lowest BCUT2D eigenvalue weighted by Crippen LogP contribution is -2.31. The van der Waals surface area contributed by atoms with E-state index in [1.54, 1.807) is 12.2 Å². The normalized spacial score (nSPS) is 15.2. The van der Waals surface area contributed by atoms with Gasteiger partial charge >= 0.3 is 5.97 Å². The van der Waals surface area contributed by atoms with Crippen LogP contribution in [0, 0.1) is 5.41 Å². The fraction of sp³-hybridized carbons (Fsp3) is 0.250. The van der Waals surface area contributed by atoms with E-state index in [2.05, 4.69) is 10.1 Å². The molecule has 0 spiro atoms. The zero-order chi connectivity index (χ0) is 9.84. The second kappa shape index (κ2) is 3.75. The lowest BCUT2D eigenvalue weighted by molar-refractivity contribution is -0.136. The number of ether oxygens (including phenoxy) is 1. The van der Waals surface area contributed by atoms with Crippen molar-refractivity contribution >= 4 is 11.8 Å². The second-order valence-electron chi connectivity index (χ2n) is 2.53. The average Bonchev–Trinajstić information content (AvgIpc) is 2.17. The molecule has 0 fully saturated rings. The van der Waals surface area contributed by atoms with Crippen LogP contribution in [0.3, 0.4) is 0 Å². The largest absolute Gasteiger partial charge is 0.466 e. The summed E-state index contributed by atoms with van der Waals surface area (Å²) in [6.07, 6.45) is 3.18. The number of rotatable bonds is 2. The molecule has 70 valence electrons. The number of methoxy groups -OCH3 is 1. The topological polar surface area (TPSA) is 88.2 Å². The van der Waals surface area contributed by atoms with Crippen molar-refractivity contribution in [3.63, 3.8) is 0 Å². The Labute approximate surface area is 75.8 Å². The highest BCUT2D eigenvalue weighted by Gasteiger charge is 2.13. The smallest absolute Gasteiger partial charge is 0.335 e. The van der Waals surface area contributed by atoms with Gasteiger partial charge in [-0.1, -0.05) is 0 Å². The number of hydrogen-bond donors (Lipinski definition) is 3. The van der Waals surface area contributed by atoms with Gasteiger partial charge in [0, 0.05) is 6.54 Å². The van der Waals surface area contributed by atoms with E-state index in [1.165, 1.54) is 7.11 Å². The second-order valence-corrected chi connectivity index (χ2v) is 2.53. The van der Waals surface area contributed by atoms with Gasteiger partial charge in [0.25, 0.3) is 0 Å². The predicted molar refractivity (Wildman–Crippen MR) is 48.1 cm³/mol. The van der Waals surface area contributed by atoms with Gasteiger partial charge in [-0.2, -0.15) is 0 Å². The van der Waals surface area contributed by atoms with Gasteiger partial charge in [0.2, 0.25) is 0 Å². The maximum absolute atomic E-state index is 11.0. The van der Waals surface area contributed by atoms with E-state index in [1.807, 2.05) is 0 Å². The molecule has 1 rings (SSSR count). The van der Waals surface area contributed by atoms with Crippen LogP contribution in [0.1, 0.15) is 0 Å². The van der Waals surface area contributed by atoms with E-state index >= 15 is 0 Å². The number of carbonyl (C=O) groups is 1. The molecule has 0 saturated heterocycles. The molecule has 0 aromatic rings. The predicted octanol–water partition coefficient (Wildman–Crippen LogP) is -0.491. The number of hydrogen-bond acceptors (Lipinski definition) is 4. The van der Waals surface area contributed by atoms with Gasteiger partial charge in [-0.05, 0) is 12.2 Å². The highest BCUT2D eigenvalue weighted by atomic mass is 16.5. The van der Waals surface area contributed by atoms with Crippen LogP contribution in [0.4, 0.5) is 0 Å². The van der Waals surface area contributed by atoms with Crippen LogP contribution in [0.15, 0.2) is 23.4 Å². The third-order valence-electron chi connectivity index (χ3n) is 1.66. The molecule has 5 nitrogen and oxygen atoms in total. The standard InChI is InChI=1S/C8H11N3O2/c1-13-8(12)5-2-3-6(7(9)10)11-4-5/h2-3,11H,4H2,1H3,(H3,9,10). The minimum atomic E-state index is -0.369. The maximum atomic E-state index is 11.0. The van der Waals surface area contributed by atoms with E-state index in [4.69, 9.17) is 11.1 Å². The molecule has 0 bridgehead atoms. The molecule has 0 unspecified atom stereocenters. The Morgan fingerprint density at radius 2 is 2.38 bits per heavy atom. The fourth-order valence-corrected chi connectivity index (χ4v) is 0.949. The molecule has 1 heterocycles. The molecule has 0 saturated carbocycles. The summed E-state index contributed by atoms with van der Waals surface area (Å²) in [6, 6.07) is 0. The van der Waals surface area contributed by atoms with Gasteiger partial charge in [-0.25, -0.2) is 4.79 Å². The van der Waals surface area contributed by atoms with Crippen molar-refractivity contribution < 1.29 is 9.53 Å². The zero-order valence-electron chi connectivity index (χ0n) is 7.26. The van der Waals surface area contributed by atoms with Crippen molar-refractivity contribution in [2.24, 2.45) is 5.73 Å². The van der Waals surface area contributed by atoms with Crippen molar-refractivity contribution in [1.29, 1.82) is 5.41 Å². The minimum absolute atomic E-state index is 0.0415. The van der Waals surface area contributed by atoms with Crippen molar-refractivity contribution in [3.05, 3.63) is 23.4 Å². The lowest BCUT2D eigenvalue weighted by Gasteiger charge is -2.14. The number of nitrogens with two attached hydrogens (primary N) is 1. The van der Waals surface area contributed by atoms with E-state index in [-0.39, 0.29) is 11.8 Å². The SMILES string of the molecule is COC(=O)C1=CC=C(C(=N)N)NC1. The number of allylic oxidation sites excluding steroid dienone is 2. The molecule has 13 heavy (non-hydrogen) atoms. The van der Waals surface area contributed by atoms with Crippen LogP contribution in [0.2, 0.25) is 0 Å². The lowest BCUT2D eigenvalue weighted by atomic mass is 10.1. The first kappa shape index (κ1) is 9.31. The molecule has 0 aromatic carbocycles. The Morgan fingerprint density at radius 3 is 2.77 bits per heavy atom. The summed E-state index contributed by atoms with van der Waals surface area (Å²) in [5, 5.41) is 9.93. The zero-order valence-corrected chi connectivity index (χ0v) is 7.26. The van der Waals surface area contributed by atoms with Crippen LogP contribution in [0.5, 0.6) is 0 Å². The van der Waals surface area contributed by atoms with E-state index in [9.17, 15) is 4.79 Å². The molecule has 0 radical (unpaired) electrons. The molecule has 4 N–H and O–H groups in total. The Balaban J connectivity index is 2.76. The van der Waals surface area contributed by atoms with Gasteiger partial charge in [-0.3, -0.25) is 5.41 Å². The van der Waals surface area contributed by atoms with Crippen LogP contribution >= 0.6 is 0 Å². The summed E-state index contributed by atoms with van der Waals surface area (Å²) >= 11 is 0. The van der Waals surface area contributed by atoms with E-state index < -0.39 is 0 Å². The quantitative estimate of drug-likeness (QED) is 0.304. The summed E-state index contributed by atoms with van der Waals surface area (Å²) in [6.45, 7) is 0.345. The van der Waals surface area contributed by atoms with Gasteiger partial charge in [-0.15, -0.1) is 0 Å². The number of amidine groups is 1. The Kier molecular flexibility index (Phi) is 2.69. The van der Waals surface area contributed by atoms with Crippen LogP contribution < -0.4 is 11.1 Å².